The van der Waals surface area contributed by atoms with Crippen molar-refractivity contribution in [2.24, 2.45) is 0 Å². The van der Waals surface area contributed by atoms with Crippen molar-refractivity contribution in [1.29, 1.82) is 0 Å². The average molecular weight is 667 g/mol. The van der Waals surface area contributed by atoms with Gasteiger partial charge in [0.1, 0.15) is 12.6 Å². The second-order valence-corrected chi connectivity index (χ2v) is 13.6. The predicted octanol–water partition coefficient (Wildman–Crippen LogP) is 7.05. The highest BCUT2D eigenvalue weighted by atomic mass is 35.5. The molecule has 4 rings (SSSR count). The summed E-state index contributed by atoms with van der Waals surface area (Å²) in [4.78, 5) is 29.9. The van der Waals surface area contributed by atoms with Gasteiger partial charge in [0.25, 0.3) is 10.0 Å². The summed E-state index contributed by atoms with van der Waals surface area (Å²) in [5, 5.41) is 3.87. The Morgan fingerprint density at radius 2 is 1.47 bits per heavy atom. The highest BCUT2D eigenvalue weighted by Crippen LogP contribution is 2.31. The SMILES string of the molecule is CC[C@H](C)NC(=O)[C@H](Cc1ccccc1)N(Cc1cccc(Cl)c1)C(=O)CN(c1cccc(Cl)c1C)S(=O)(=O)c1ccccc1. The Morgan fingerprint density at radius 1 is 0.844 bits per heavy atom. The lowest BCUT2D eigenvalue weighted by molar-refractivity contribution is -0.140. The lowest BCUT2D eigenvalue weighted by atomic mass is 10.0. The average Bonchev–Trinajstić information content (AvgIpc) is 3.03. The Balaban J connectivity index is 1.83. The predicted molar refractivity (Wildman–Crippen MR) is 181 cm³/mol. The highest BCUT2D eigenvalue weighted by molar-refractivity contribution is 7.92. The molecule has 0 bridgehead atoms. The molecule has 45 heavy (non-hydrogen) atoms. The maximum absolute atomic E-state index is 14.6. The third-order valence-electron chi connectivity index (χ3n) is 7.63. The molecule has 0 fully saturated rings. The van der Waals surface area contributed by atoms with Gasteiger partial charge in [-0.2, -0.15) is 0 Å². The van der Waals surface area contributed by atoms with E-state index in [1.165, 1.54) is 17.0 Å². The fraction of sp³-hybridized carbons (Fsp3) is 0.257. The summed E-state index contributed by atoms with van der Waals surface area (Å²) in [6, 6.07) is 28.2. The normalized spacial score (nSPS) is 12.6. The number of carbonyl (C=O) groups excluding carboxylic acids is 2. The van der Waals surface area contributed by atoms with Gasteiger partial charge >= 0.3 is 0 Å². The van der Waals surface area contributed by atoms with Gasteiger partial charge in [0.2, 0.25) is 11.8 Å². The Bertz CT molecular complexity index is 1720. The van der Waals surface area contributed by atoms with Crippen LogP contribution in [0.25, 0.3) is 0 Å². The minimum atomic E-state index is -4.22. The zero-order valence-corrected chi connectivity index (χ0v) is 27.8. The first-order chi connectivity index (χ1) is 21.5. The molecule has 4 aromatic rings. The van der Waals surface area contributed by atoms with E-state index < -0.39 is 28.5 Å². The Labute approximate surface area is 275 Å². The zero-order valence-electron chi connectivity index (χ0n) is 25.5. The lowest BCUT2D eigenvalue weighted by Gasteiger charge is -2.34. The summed E-state index contributed by atoms with van der Waals surface area (Å²) >= 11 is 12.7. The number of sulfonamides is 1. The molecule has 0 aliphatic carbocycles. The van der Waals surface area contributed by atoms with E-state index in [9.17, 15) is 18.0 Å². The van der Waals surface area contributed by atoms with Crippen LogP contribution in [-0.2, 0) is 32.6 Å². The second-order valence-electron chi connectivity index (χ2n) is 10.9. The molecule has 0 heterocycles. The minimum Gasteiger partial charge on any atom is -0.352 e. The Hall–Kier alpha value is -3.85. The third-order valence-corrected chi connectivity index (χ3v) is 10.1. The number of halogens is 2. The molecular weight excluding hydrogens is 629 g/mol. The van der Waals surface area contributed by atoms with Crippen molar-refractivity contribution >= 4 is 50.7 Å². The van der Waals surface area contributed by atoms with Gasteiger partial charge in [0.05, 0.1) is 10.6 Å². The van der Waals surface area contributed by atoms with Crippen LogP contribution in [0.3, 0.4) is 0 Å². The number of hydrogen-bond donors (Lipinski definition) is 1. The highest BCUT2D eigenvalue weighted by Gasteiger charge is 2.35. The Kier molecular flexibility index (Phi) is 11.7. The Morgan fingerprint density at radius 3 is 2.11 bits per heavy atom. The quantitative estimate of drug-likeness (QED) is 0.166. The van der Waals surface area contributed by atoms with E-state index in [2.05, 4.69) is 5.32 Å². The standard InChI is InChI=1S/C35H37Cl2N3O4S/c1-4-25(2)38-35(42)33(22-27-13-7-5-8-14-27)39(23-28-15-11-16-29(36)21-28)34(41)24-40(32-20-12-19-31(37)26(32)3)45(43,44)30-17-9-6-10-18-30/h5-21,25,33H,4,22-24H2,1-3H3,(H,38,42)/t25-,33-/m0/s1. The molecule has 1 N–H and O–H groups in total. The van der Waals surface area contributed by atoms with Crippen LogP contribution in [-0.4, -0.2) is 43.8 Å². The molecule has 0 aromatic heterocycles. The number of hydrogen-bond acceptors (Lipinski definition) is 4. The van der Waals surface area contributed by atoms with Crippen LogP contribution in [0.4, 0.5) is 5.69 Å². The van der Waals surface area contributed by atoms with Crippen molar-refractivity contribution in [2.75, 3.05) is 10.8 Å². The molecule has 4 aromatic carbocycles. The molecule has 7 nitrogen and oxygen atoms in total. The molecule has 0 saturated heterocycles. The zero-order chi connectivity index (χ0) is 32.6. The van der Waals surface area contributed by atoms with E-state index in [1.54, 1.807) is 61.5 Å². The largest absolute Gasteiger partial charge is 0.352 e. The van der Waals surface area contributed by atoms with E-state index in [-0.39, 0.29) is 35.5 Å². The lowest BCUT2D eigenvalue weighted by Crippen LogP contribution is -2.54. The maximum Gasteiger partial charge on any atom is 0.264 e. The molecule has 2 amide bonds. The molecule has 10 heteroatoms. The van der Waals surface area contributed by atoms with E-state index in [0.29, 0.717) is 27.6 Å². The molecule has 0 spiro atoms. The minimum absolute atomic E-state index is 0.0221. The van der Waals surface area contributed by atoms with E-state index >= 15 is 0 Å². The number of nitrogens with zero attached hydrogens (tertiary/aromatic N) is 2. The van der Waals surface area contributed by atoms with E-state index in [1.807, 2.05) is 50.2 Å². The van der Waals surface area contributed by atoms with Crippen LogP contribution in [0, 0.1) is 6.92 Å². The summed E-state index contributed by atoms with van der Waals surface area (Å²) < 4.78 is 29.4. The van der Waals surface area contributed by atoms with Crippen molar-refractivity contribution in [1.82, 2.24) is 10.2 Å². The topological polar surface area (TPSA) is 86.8 Å². The van der Waals surface area contributed by atoms with Crippen LogP contribution in [0.2, 0.25) is 10.0 Å². The first-order valence-corrected chi connectivity index (χ1v) is 16.9. The van der Waals surface area contributed by atoms with Crippen LogP contribution < -0.4 is 9.62 Å². The number of anilines is 1. The van der Waals surface area contributed by atoms with Gasteiger partial charge < -0.3 is 10.2 Å². The van der Waals surface area contributed by atoms with Gasteiger partial charge in [-0.25, -0.2) is 8.42 Å². The molecule has 0 unspecified atom stereocenters. The summed E-state index contributed by atoms with van der Waals surface area (Å²) in [6.07, 6.45) is 0.917. The van der Waals surface area contributed by atoms with E-state index in [0.717, 1.165) is 9.87 Å². The van der Waals surface area contributed by atoms with Gasteiger partial charge in [-0.3, -0.25) is 13.9 Å². The van der Waals surface area contributed by atoms with E-state index in [4.69, 9.17) is 23.2 Å². The number of carbonyl (C=O) groups is 2. The number of benzene rings is 4. The first-order valence-electron chi connectivity index (χ1n) is 14.7. The summed E-state index contributed by atoms with van der Waals surface area (Å²) in [5.74, 6) is -0.894. The smallest absolute Gasteiger partial charge is 0.264 e. The number of rotatable bonds is 13. The van der Waals surface area contributed by atoms with Crippen molar-refractivity contribution in [3.8, 4) is 0 Å². The number of amides is 2. The number of nitrogens with one attached hydrogen (secondary N) is 1. The molecular formula is C35H37Cl2N3O4S. The maximum atomic E-state index is 14.6. The summed E-state index contributed by atoms with van der Waals surface area (Å²) in [5.41, 5.74) is 2.32. The summed E-state index contributed by atoms with van der Waals surface area (Å²) in [6.45, 7) is 5.03. The molecule has 0 aliphatic heterocycles. The fourth-order valence-electron chi connectivity index (χ4n) is 4.93. The van der Waals surface area contributed by atoms with Crippen LogP contribution in [0.15, 0.2) is 108 Å². The van der Waals surface area contributed by atoms with Gasteiger partial charge in [-0.1, -0.05) is 96.9 Å². The monoisotopic (exact) mass is 665 g/mol. The van der Waals surface area contributed by atoms with Crippen LogP contribution in [0.5, 0.6) is 0 Å². The van der Waals surface area contributed by atoms with Crippen molar-refractivity contribution in [3.05, 3.63) is 130 Å². The first kappa shape index (κ1) is 34.0. The van der Waals surface area contributed by atoms with Gasteiger partial charge in [0.15, 0.2) is 0 Å². The molecule has 236 valence electrons. The molecule has 2 atom stereocenters. The second kappa shape index (κ2) is 15.4. The van der Waals surface area contributed by atoms with Crippen molar-refractivity contribution in [3.63, 3.8) is 0 Å². The van der Waals surface area contributed by atoms with Gasteiger partial charge in [-0.15, -0.1) is 0 Å². The fourth-order valence-corrected chi connectivity index (χ4v) is 6.80. The molecule has 0 saturated carbocycles. The summed E-state index contributed by atoms with van der Waals surface area (Å²) in [7, 11) is -4.22. The molecule has 0 aliphatic rings. The third kappa shape index (κ3) is 8.66. The van der Waals surface area contributed by atoms with Crippen LogP contribution in [0.1, 0.15) is 37.0 Å². The van der Waals surface area contributed by atoms with Gasteiger partial charge in [-0.05, 0) is 73.4 Å². The van der Waals surface area contributed by atoms with Crippen molar-refractivity contribution in [2.45, 2.75) is 57.1 Å². The van der Waals surface area contributed by atoms with Crippen molar-refractivity contribution < 1.29 is 18.0 Å². The van der Waals surface area contributed by atoms with Gasteiger partial charge in [0, 0.05) is 29.1 Å². The molecule has 0 radical (unpaired) electrons. The van der Waals surface area contributed by atoms with Crippen LogP contribution >= 0.6 is 23.2 Å².